The van der Waals surface area contributed by atoms with E-state index >= 15 is 0 Å². The summed E-state index contributed by atoms with van der Waals surface area (Å²) in [5.74, 6) is 0.822. The number of hydrogen-bond acceptors (Lipinski definition) is 3. The molecular weight excluding hydrogens is 311 g/mol. The molecule has 1 aliphatic rings. The Balaban J connectivity index is 2.05. The Kier molecular flexibility index (Phi) is 4.69. The molecule has 1 atom stereocenters. The maximum atomic E-state index is 6.38. The fraction of sp³-hybridized carbons (Fsp3) is 0.429. The molecule has 0 radical (unpaired) electrons. The minimum atomic E-state index is -0.362. The minimum Gasteiger partial charge on any atom is -0.497 e. The van der Waals surface area contributed by atoms with Crippen molar-refractivity contribution >= 4 is 7.12 Å². The quantitative estimate of drug-likeness (QED) is 0.752. The highest BCUT2D eigenvalue weighted by Gasteiger charge is 2.54. The summed E-state index contributed by atoms with van der Waals surface area (Å²) in [6.07, 6.45) is 0. The fourth-order valence-corrected chi connectivity index (χ4v) is 3.14. The molecule has 0 aliphatic carbocycles. The molecule has 1 saturated heterocycles. The summed E-state index contributed by atoms with van der Waals surface area (Å²) in [6, 6.07) is 16.7. The largest absolute Gasteiger partial charge is 0.497 e. The van der Waals surface area contributed by atoms with Crippen molar-refractivity contribution in [2.75, 3.05) is 7.11 Å². The highest BCUT2D eigenvalue weighted by Crippen LogP contribution is 2.43. The van der Waals surface area contributed by atoms with Crippen molar-refractivity contribution in [2.45, 2.75) is 51.6 Å². The van der Waals surface area contributed by atoms with E-state index in [1.165, 1.54) is 11.1 Å². The van der Waals surface area contributed by atoms with E-state index in [1.807, 2.05) is 12.1 Å². The van der Waals surface area contributed by atoms with Crippen LogP contribution in [0.3, 0.4) is 0 Å². The van der Waals surface area contributed by atoms with Crippen LogP contribution in [0.25, 0.3) is 0 Å². The second kappa shape index (κ2) is 6.51. The highest BCUT2D eigenvalue weighted by molar-refractivity contribution is 6.48. The molecule has 2 aromatic carbocycles. The third-order valence-corrected chi connectivity index (χ3v) is 5.43. The first-order chi connectivity index (χ1) is 11.7. The lowest BCUT2D eigenvalue weighted by Crippen LogP contribution is -2.41. The van der Waals surface area contributed by atoms with Crippen LogP contribution in [0.2, 0.25) is 0 Å². The first-order valence-electron chi connectivity index (χ1n) is 8.80. The number of aryl methyl sites for hydroxylation is 1. The van der Waals surface area contributed by atoms with Crippen LogP contribution >= 0.6 is 0 Å². The van der Waals surface area contributed by atoms with Crippen LogP contribution in [0.5, 0.6) is 5.75 Å². The van der Waals surface area contributed by atoms with Gasteiger partial charge in [0.1, 0.15) is 5.75 Å². The van der Waals surface area contributed by atoms with Gasteiger partial charge in [-0.15, -0.1) is 0 Å². The van der Waals surface area contributed by atoms with Crippen molar-refractivity contribution in [3.05, 3.63) is 65.2 Å². The SMILES string of the molecule is COc1cccc(C(B2OC(C)(C)C(C)(C)O2)c2ccc(C)cc2)c1. The molecule has 0 aromatic heterocycles. The summed E-state index contributed by atoms with van der Waals surface area (Å²) in [5, 5.41) is 0. The summed E-state index contributed by atoms with van der Waals surface area (Å²) in [5.41, 5.74) is 2.82. The van der Waals surface area contributed by atoms with Gasteiger partial charge >= 0.3 is 7.12 Å². The zero-order valence-electron chi connectivity index (χ0n) is 16.0. The molecule has 0 amide bonds. The second-order valence-corrected chi connectivity index (χ2v) is 7.79. The van der Waals surface area contributed by atoms with Crippen molar-refractivity contribution in [3.8, 4) is 5.75 Å². The predicted molar refractivity (Wildman–Crippen MR) is 102 cm³/mol. The average molecular weight is 338 g/mol. The van der Waals surface area contributed by atoms with Gasteiger partial charge in [0.15, 0.2) is 0 Å². The van der Waals surface area contributed by atoms with Gasteiger partial charge in [0, 0.05) is 5.82 Å². The molecule has 1 unspecified atom stereocenters. The molecule has 0 spiro atoms. The van der Waals surface area contributed by atoms with Gasteiger partial charge in [-0.1, -0.05) is 42.0 Å². The van der Waals surface area contributed by atoms with Crippen LogP contribution in [0.1, 0.15) is 50.2 Å². The maximum absolute atomic E-state index is 6.38. The summed E-state index contributed by atoms with van der Waals surface area (Å²) in [7, 11) is 1.34. The van der Waals surface area contributed by atoms with E-state index < -0.39 is 0 Å². The van der Waals surface area contributed by atoms with Crippen molar-refractivity contribution in [1.82, 2.24) is 0 Å². The van der Waals surface area contributed by atoms with E-state index in [2.05, 4.69) is 71.0 Å². The minimum absolute atomic E-state index is 0.0169. The topological polar surface area (TPSA) is 27.7 Å². The molecule has 2 aromatic rings. The first kappa shape index (κ1) is 18.0. The van der Waals surface area contributed by atoms with Gasteiger partial charge in [0.25, 0.3) is 0 Å². The highest BCUT2D eigenvalue weighted by atomic mass is 16.7. The standard InChI is InChI=1S/C21H27BO3/c1-15-10-12-16(13-11-15)19(17-8-7-9-18(14-17)23-6)22-24-20(2,3)21(4,5)25-22/h7-14,19H,1-6H3. The molecule has 0 bridgehead atoms. The van der Waals surface area contributed by atoms with E-state index in [1.54, 1.807) is 7.11 Å². The van der Waals surface area contributed by atoms with Gasteiger partial charge in [-0.2, -0.15) is 0 Å². The maximum Gasteiger partial charge on any atom is 0.470 e. The van der Waals surface area contributed by atoms with Crippen molar-refractivity contribution in [2.24, 2.45) is 0 Å². The average Bonchev–Trinajstić information content (AvgIpc) is 2.77. The Labute approximate surface area is 151 Å². The van der Waals surface area contributed by atoms with Crippen LogP contribution in [-0.2, 0) is 9.31 Å². The van der Waals surface area contributed by atoms with Crippen molar-refractivity contribution in [1.29, 1.82) is 0 Å². The van der Waals surface area contributed by atoms with Crippen molar-refractivity contribution < 1.29 is 14.0 Å². The van der Waals surface area contributed by atoms with E-state index in [4.69, 9.17) is 14.0 Å². The number of rotatable bonds is 4. The molecule has 1 fully saturated rings. The molecule has 3 nitrogen and oxygen atoms in total. The van der Waals surface area contributed by atoms with Crippen LogP contribution < -0.4 is 4.74 Å². The fourth-order valence-electron chi connectivity index (χ4n) is 3.14. The second-order valence-electron chi connectivity index (χ2n) is 7.79. The Morgan fingerprint density at radius 1 is 0.880 bits per heavy atom. The molecule has 25 heavy (non-hydrogen) atoms. The molecule has 1 aliphatic heterocycles. The Morgan fingerprint density at radius 2 is 1.48 bits per heavy atom. The summed E-state index contributed by atoms with van der Waals surface area (Å²) < 4.78 is 18.2. The lowest BCUT2D eigenvalue weighted by Gasteiger charge is -2.32. The van der Waals surface area contributed by atoms with Gasteiger partial charge in [0.05, 0.1) is 18.3 Å². The third kappa shape index (κ3) is 3.46. The predicted octanol–water partition coefficient (Wildman–Crippen LogP) is 4.77. The third-order valence-electron chi connectivity index (χ3n) is 5.43. The number of methoxy groups -OCH3 is 1. The zero-order chi connectivity index (χ0) is 18.2. The lowest BCUT2D eigenvalue weighted by atomic mass is 9.64. The zero-order valence-corrected chi connectivity index (χ0v) is 16.0. The van der Waals surface area contributed by atoms with Gasteiger partial charge < -0.3 is 14.0 Å². The molecule has 132 valence electrons. The van der Waals surface area contributed by atoms with E-state index in [9.17, 15) is 0 Å². The molecule has 1 heterocycles. The Bertz CT molecular complexity index is 721. The Hall–Kier alpha value is -1.78. The van der Waals surface area contributed by atoms with Gasteiger partial charge in [-0.25, -0.2) is 0 Å². The van der Waals surface area contributed by atoms with Gasteiger partial charge in [-0.05, 0) is 57.9 Å². The molecule has 0 N–H and O–H groups in total. The summed E-state index contributed by atoms with van der Waals surface area (Å²) >= 11 is 0. The molecular formula is C21H27BO3. The van der Waals surface area contributed by atoms with Gasteiger partial charge in [0.2, 0.25) is 0 Å². The van der Waals surface area contributed by atoms with Crippen LogP contribution in [0, 0.1) is 6.92 Å². The van der Waals surface area contributed by atoms with Crippen LogP contribution in [0.4, 0.5) is 0 Å². The van der Waals surface area contributed by atoms with Crippen LogP contribution in [0.15, 0.2) is 48.5 Å². The van der Waals surface area contributed by atoms with Crippen molar-refractivity contribution in [3.63, 3.8) is 0 Å². The normalized spacial score (nSPS) is 19.7. The van der Waals surface area contributed by atoms with E-state index in [0.717, 1.165) is 11.3 Å². The monoisotopic (exact) mass is 338 g/mol. The lowest BCUT2D eigenvalue weighted by molar-refractivity contribution is 0.00578. The Morgan fingerprint density at radius 3 is 2.04 bits per heavy atom. The summed E-state index contributed by atoms with van der Waals surface area (Å²) in [6.45, 7) is 10.4. The summed E-state index contributed by atoms with van der Waals surface area (Å²) in [4.78, 5) is 0. The smallest absolute Gasteiger partial charge is 0.470 e. The number of benzene rings is 2. The molecule has 4 heteroatoms. The first-order valence-corrected chi connectivity index (χ1v) is 8.80. The number of ether oxygens (including phenoxy) is 1. The number of hydrogen-bond donors (Lipinski definition) is 0. The molecule has 3 rings (SSSR count). The van der Waals surface area contributed by atoms with Crippen LogP contribution in [-0.4, -0.2) is 25.4 Å². The van der Waals surface area contributed by atoms with E-state index in [0.29, 0.717) is 0 Å². The van der Waals surface area contributed by atoms with E-state index in [-0.39, 0.29) is 24.1 Å². The molecule has 0 saturated carbocycles. The van der Waals surface area contributed by atoms with Gasteiger partial charge in [-0.3, -0.25) is 0 Å².